The van der Waals surface area contributed by atoms with Crippen molar-refractivity contribution < 1.29 is 21.8 Å². The summed E-state index contributed by atoms with van der Waals surface area (Å²) in [5, 5.41) is 21.8. The van der Waals surface area contributed by atoms with Crippen molar-refractivity contribution in [3.05, 3.63) is 52.6 Å². The monoisotopic (exact) mass is 414 g/mol. The van der Waals surface area contributed by atoms with E-state index in [1.807, 2.05) is 0 Å². The van der Waals surface area contributed by atoms with Crippen molar-refractivity contribution in [2.24, 2.45) is 5.14 Å². The van der Waals surface area contributed by atoms with Gasteiger partial charge in [0.2, 0.25) is 10.0 Å². The van der Waals surface area contributed by atoms with E-state index < -0.39 is 24.8 Å². The first kappa shape index (κ1) is 20.6. The molecule has 2 rings (SSSR count). The van der Waals surface area contributed by atoms with Gasteiger partial charge in [0.15, 0.2) is 9.84 Å². The Hall–Kier alpha value is -2.70. The molecular formula is C15H18N4O6S2. The summed E-state index contributed by atoms with van der Waals surface area (Å²) in [6.45, 7) is 0.480. The maximum Gasteiger partial charge on any atom is 0.292 e. The number of hydrogen-bond acceptors (Lipinski definition) is 8. The van der Waals surface area contributed by atoms with Crippen molar-refractivity contribution in [2.75, 3.05) is 30.0 Å². The van der Waals surface area contributed by atoms with Gasteiger partial charge in [0, 0.05) is 25.4 Å². The van der Waals surface area contributed by atoms with E-state index in [0.717, 1.165) is 12.3 Å². The summed E-state index contributed by atoms with van der Waals surface area (Å²) in [5.41, 5.74) is 0.457. The van der Waals surface area contributed by atoms with Crippen molar-refractivity contribution in [3.8, 4) is 0 Å². The quantitative estimate of drug-likeness (QED) is 0.329. The summed E-state index contributed by atoms with van der Waals surface area (Å²) >= 11 is 0. The number of nitro groups is 1. The molecule has 0 aliphatic heterocycles. The molecule has 27 heavy (non-hydrogen) atoms. The third-order valence-corrected chi connectivity index (χ3v) is 5.59. The van der Waals surface area contributed by atoms with Crippen LogP contribution in [0.25, 0.3) is 0 Å². The molecule has 0 spiro atoms. The van der Waals surface area contributed by atoms with Crippen LogP contribution < -0.4 is 15.8 Å². The zero-order valence-electron chi connectivity index (χ0n) is 14.2. The van der Waals surface area contributed by atoms with E-state index in [2.05, 4.69) is 10.6 Å². The van der Waals surface area contributed by atoms with Crippen molar-refractivity contribution >= 4 is 36.9 Å². The highest BCUT2D eigenvalue weighted by atomic mass is 32.2. The zero-order valence-corrected chi connectivity index (χ0v) is 15.9. The second kappa shape index (κ2) is 7.90. The molecule has 0 saturated heterocycles. The van der Waals surface area contributed by atoms with Crippen LogP contribution in [-0.2, 0) is 19.9 Å². The Morgan fingerprint density at radius 2 is 1.59 bits per heavy atom. The number of hydrogen-bond donors (Lipinski definition) is 3. The number of primary sulfonamides is 1. The first-order valence-corrected chi connectivity index (χ1v) is 11.0. The van der Waals surface area contributed by atoms with Crippen LogP contribution in [0.4, 0.5) is 17.1 Å². The molecule has 0 unspecified atom stereocenters. The van der Waals surface area contributed by atoms with Gasteiger partial charge in [0.25, 0.3) is 5.69 Å². The van der Waals surface area contributed by atoms with E-state index >= 15 is 0 Å². The molecule has 146 valence electrons. The molecular weight excluding hydrogens is 396 g/mol. The van der Waals surface area contributed by atoms with Gasteiger partial charge >= 0.3 is 0 Å². The molecule has 10 nitrogen and oxygen atoms in total. The summed E-state index contributed by atoms with van der Waals surface area (Å²) in [6.07, 6.45) is 0.950. The molecule has 0 radical (unpaired) electrons. The predicted octanol–water partition coefficient (Wildman–Crippen LogP) is 1.17. The van der Waals surface area contributed by atoms with Crippen LogP contribution in [0.2, 0.25) is 0 Å². The number of benzene rings is 2. The average Bonchev–Trinajstić information content (AvgIpc) is 2.57. The van der Waals surface area contributed by atoms with Crippen LogP contribution in [0.1, 0.15) is 0 Å². The van der Waals surface area contributed by atoms with Gasteiger partial charge in [-0.2, -0.15) is 0 Å². The molecule has 0 heterocycles. The number of nitro benzene ring substituents is 1. The minimum atomic E-state index is -4.04. The fourth-order valence-corrected chi connectivity index (χ4v) is 3.80. The van der Waals surface area contributed by atoms with Crippen LogP contribution in [0.3, 0.4) is 0 Å². The van der Waals surface area contributed by atoms with Gasteiger partial charge in [0.05, 0.1) is 20.4 Å². The Balaban J connectivity index is 2.14. The third kappa shape index (κ3) is 5.39. The van der Waals surface area contributed by atoms with Gasteiger partial charge in [-0.25, -0.2) is 22.0 Å². The average molecular weight is 414 g/mol. The highest BCUT2D eigenvalue weighted by Gasteiger charge is 2.18. The highest BCUT2D eigenvalue weighted by Crippen LogP contribution is 2.25. The van der Waals surface area contributed by atoms with Crippen molar-refractivity contribution in [1.82, 2.24) is 0 Å². The third-order valence-electron chi connectivity index (χ3n) is 3.54. The van der Waals surface area contributed by atoms with E-state index in [1.54, 1.807) is 18.2 Å². The lowest BCUT2D eigenvalue weighted by molar-refractivity contribution is -0.384. The fraction of sp³-hybridized carbons (Fsp3) is 0.200. The molecule has 2 aromatic rings. The Morgan fingerprint density at radius 3 is 2.15 bits per heavy atom. The number of sulfonamides is 1. The normalized spacial score (nSPS) is 11.8. The first-order valence-electron chi connectivity index (χ1n) is 7.58. The minimum Gasteiger partial charge on any atom is -0.382 e. The number of nitrogens with two attached hydrogens (primary N) is 1. The highest BCUT2D eigenvalue weighted by molar-refractivity contribution is 7.91. The molecule has 12 heteroatoms. The van der Waals surface area contributed by atoms with Crippen molar-refractivity contribution in [2.45, 2.75) is 9.79 Å². The molecule has 0 aliphatic rings. The van der Waals surface area contributed by atoms with E-state index in [-0.39, 0.29) is 34.3 Å². The Labute approximate surface area is 156 Å². The molecule has 0 bridgehead atoms. The van der Waals surface area contributed by atoms with Crippen molar-refractivity contribution in [3.63, 3.8) is 0 Å². The number of para-hydroxylation sites is 2. The Bertz CT molecular complexity index is 1070. The van der Waals surface area contributed by atoms with Crippen LogP contribution in [0.15, 0.2) is 52.3 Å². The number of nitrogens with zero attached hydrogens (tertiary/aromatic N) is 1. The Morgan fingerprint density at radius 1 is 1.00 bits per heavy atom. The smallest absolute Gasteiger partial charge is 0.292 e. The first-order chi connectivity index (χ1) is 12.5. The summed E-state index contributed by atoms with van der Waals surface area (Å²) in [7, 11) is -7.76. The lowest BCUT2D eigenvalue weighted by Gasteiger charge is -2.13. The zero-order chi connectivity index (χ0) is 20.2. The number of rotatable bonds is 8. The molecule has 0 saturated carbocycles. The summed E-state index contributed by atoms with van der Waals surface area (Å²) in [4.78, 5) is 9.94. The summed E-state index contributed by atoms with van der Waals surface area (Å²) in [6, 6.07) is 9.61. The molecule has 0 amide bonds. The predicted molar refractivity (Wildman–Crippen MR) is 101 cm³/mol. The molecule has 0 aliphatic carbocycles. The van der Waals surface area contributed by atoms with E-state index in [0.29, 0.717) is 5.69 Å². The standard InChI is InChI=1S/C15H18N4O6S2/c1-26(22,23)15-10-11(27(16,24)25)6-7-13(15)18-9-8-17-12-4-2-3-5-14(12)19(20)21/h2-7,10,17-18H,8-9H2,1H3,(H2,16,24,25). The van der Waals surface area contributed by atoms with Gasteiger partial charge in [0.1, 0.15) is 5.69 Å². The van der Waals surface area contributed by atoms with Gasteiger partial charge in [-0.05, 0) is 24.3 Å². The van der Waals surface area contributed by atoms with Crippen LogP contribution in [0, 0.1) is 10.1 Å². The van der Waals surface area contributed by atoms with Gasteiger partial charge in [-0.3, -0.25) is 10.1 Å². The Kier molecular flexibility index (Phi) is 6.03. The molecule has 0 aromatic heterocycles. The van der Waals surface area contributed by atoms with Gasteiger partial charge in [-0.1, -0.05) is 12.1 Å². The van der Waals surface area contributed by atoms with Crippen LogP contribution in [-0.4, -0.2) is 41.1 Å². The molecule has 4 N–H and O–H groups in total. The van der Waals surface area contributed by atoms with E-state index in [9.17, 15) is 26.9 Å². The SMILES string of the molecule is CS(=O)(=O)c1cc(S(N)(=O)=O)ccc1NCCNc1ccccc1[N+](=O)[O-]. The number of sulfone groups is 1. The van der Waals surface area contributed by atoms with Gasteiger partial charge < -0.3 is 10.6 Å². The fourth-order valence-electron chi connectivity index (χ4n) is 2.31. The summed E-state index contributed by atoms with van der Waals surface area (Å²) < 4.78 is 46.7. The minimum absolute atomic E-state index is 0.0770. The second-order valence-electron chi connectivity index (χ2n) is 5.60. The molecule has 2 aromatic carbocycles. The summed E-state index contributed by atoms with van der Waals surface area (Å²) in [5.74, 6) is 0. The topological polar surface area (TPSA) is 162 Å². The lowest BCUT2D eigenvalue weighted by atomic mass is 10.2. The maximum absolute atomic E-state index is 11.9. The van der Waals surface area contributed by atoms with Gasteiger partial charge in [-0.15, -0.1) is 0 Å². The number of nitrogens with one attached hydrogen (secondary N) is 2. The molecule has 0 atom stereocenters. The van der Waals surface area contributed by atoms with E-state index in [4.69, 9.17) is 5.14 Å². The maximum atomic E-state index is 11.9. The van der Waals surface area contributed by atoms with Crippen LogP contribution in [0.5, 0.6) is 0 Å². The largest absolute Gasteiger partial charge is 0.382 e. The van der Waals surface area contributed by atoms with Crippen molar-refractivity contribution in [1.29, 1.82) is 0 Å². The van der Waals surface area contributed by atoms with E-state index in [1.165, 1.54) is 18.2 Å². The van der Waals surface area contributed by atoms with Crippen LogP contribution >= 0.6 is 0 Å². The lowest BCUT2D eigenvalue weighted by Crippen LogP contribution is -2.17. The molecule has 0 fully saturated rings. The second-order valence-corrected chi connectivity index (χ2v) is 9.15. The number of anilines is 2.